The van der Waals surface area contributed by atoms with Crippen molar-refractivity contribution in [3.63, 3.8) is 0 Å². The van der Waals surface area contributed by atoms with Crippen LogP contribution < -0.4 is 10.2 Å². The third-order valence-electron chi connectivity index (χ3n) is 5.55. The maximum atomic E-state index is 13.4. The molecule has 1 aliphatic carbocycles. The molecule has 2 aliphatic heterocycles. The summed E-state index contributed by atoms with van der Waals surface area (Å²) in [6.45, 7) is 2.39. The molecule has 0 aromatic carbocycles. The van der Waals surface area contributed by atoms with Crippen LogP contribution in [0.25, 0.3) is 0 Å². The first kappa shape index (κ1) is 16.2. The van der Waals surface area contributed by atoms with Crippen LogP contribution in [0.15, 0.2) is 24.4 Å². The summed E-state index contributed by atoms with van der Waals surface area (Å²) in [7, 11) is 0. The molecular formula is C18H25N5O2. The molecular weight excluding hydrogens is 318 g/mol. The Hall–Kier alpha value is -2.31. The van der Waals surface area contributed by atoms with Gasteiger partial charge in [-0.2, -0.15) is 0 Å². The Morgan fingerprint density at radius 2 is 2.04 bits per heavy atom. The van der Waals surface area contributed by atoms with E-state index in [1.807, 2.05) is 32.9 Å². The van der Waals surface area contributed by atoms with Crippen molar-refractivity contribution in [1.29, 1.82) is 0 Å². The van der Waals surface area contributed by atoms with E-state index in [0.29, 0.717) is 26.2 Å². The number of amides is 4. The van der Waals surface area contributed by atoms with Crippen molar-refractivity contribution in [3.8, 4) is 0 Å². The van der Waals surface area contributed by atoms with E-state index in [2.05, 4.69) is 10.3 Å². The minimum Gasteiger partial charge on any atom is -0.336 e. The molecule has 3 heterocycles. The number of carbonyl (C=O) groups excluding carboxylic acids is 2. The fourth-order valence-corrected chi connectivity index (χ4v) is 4.21. The number of pyridine rings is 1. The van der Waals surface area contributed by atoms with Crippen molar-refractivity contribution >= 4 is 17.9 Å². The second-order valence-corrected chi connectivity index (χ2v) is 7.11. The first-order valence-corrected chi connectivity index (χ1v) is 9.27. The van der Waals surface area contributed by atoms with Crippen molar-refractivity contribution in [2.45, 2.75) is 44.2 Å². The monoisotopic (exact) mass is 343 g/mol. The zero-order valence-electron chi connectivity index (χ0n) is 14.4. The number of fused-ring (bicyclic) bond motifs is 1. The second-order valence-electron chi connectivity index (χ2n) is 7.11. The SMILES string of the molecule is O=C1NCC2CN(C(=O)N(c3ccccn3)C3CCCCC3)CCN12. The van der Waals surface area contributed by atoms with Crippen LogP contribution in [0.5, 0.6) is 0 Å². The van der Waals surface area contributed by atoms with Gasteiger partial charge in [-0.15, -0.1) is 0 Å². The standard InChI is InChI=1S/C18H25N5O2/c24-17-20-12-15-13-21(10-11-22(15)17)18(25)23(14-6-2-1-3-7-14)16-8-4-5-9-19-16/h4-5,8-9,14-15H,1-3,6-7,10-13H2,(H,20,24). The molecule has 4 amide bonds. The lowest BCUT2D eigenvalue weighted by molar-refractivity contribution is 0.131. The molecule has 134 valence electrons. The van der Waals surface area contributed by atoms with Crippen molar-refractivity contribution < 1.29 is 9.59 Å². The molecule has 1 aromatic heterocycles. The number of piperazine rings is 1. The van der Waals surface area contributed by atoms with Gasteiger partial charge < -0.3 is 15.1 Å². The summed E-state index contributed by atoms with van der Waals surface area (Å²) in [4.78, 5) is 35.2. The molecule has 25 heavy (non-hydrogen) atoms. The minimum atomic E-state index is -0.00837. The molecule has 0 radical (unpaired) electrons. The molecule has 2 saturated heterocycles. The van der Waals surface area contributed by atoms with Crippen LogP contribution in [0.3, 0.4) is 0 Å². The number of hydrogen-bond donors (Lipinski definition) is 1. The molecule has 3 fully saturated rings. The van der Waals surface area contributed by atoms with Gasteiger partial charge in [0.05, 0.1) is 6.04 Å². The summed E-state index contributed by atoms with van der Waals surface area (Å²) in [6, 6.07) is 6.06. The van der Waals surface area contributed by atoms with Crippen LogP contribution in [0, 0.1) is 0 Å². The quantitative estimate of drug-likeness (QED) is 0.893. The summed E-state index contributed by atoms with van der Waals surface area (Å²) in [5.41, 5.74) is 0. The first-order valence-electron chi connectivity index (χ1n) is 9.27. The highest BCUT2D eigenvalue weighted by Crippen LogP contribution is 2.28. The molecule has 1 saturated carbocycles. The maximum absolute atomic E-state index is 13.4. The zero-order chi connectivity index (χ0) is 17.2. The Balaban J connectivity index is 1.54. The van der Waals surface area contributed by atoms with Gasteiger partial charge in [-0.3, -0.25) is 4.90 Å². The molecule has 1 aromatic rings. The Morgan fingerprint density at radius 3 is 2.80 bits per heavy atom. The minimum absolute atomic E-state index is 0.00837. The van der Waals surface area contributed by atoms with Gasteiger partial charge in [-0.25, -0.2) is 14.6 Å². The van der Waals surface area contributed by atoms with Crippen molar-refractivity contribution in [2.24, 2.45) is 0 Å². The van der Waals surface area contributed by atoms with Gasteiger partial charge >= 0.3 is 12.1 Å². The van der Waals surface area contributed by atoms with E-state index < -0.39 is 0 Å². The molecule has 0 bridgehead atoms. The lowest BCUT2D eigenvalue weighted by Crippen LogP contribution is -2.58. The molecule has 1 N–H and O–H groups in total. The Labute approximate surface area is 148 Å². The van der Waals surface area contributed by atoms with Crippen LogP contribution in [0.4, 0.5) is 15.4 Å². The summed E-state index contributed by atoms with van der Waals surface area (Å²) in [6.07, 6.45) is 7.38. The third-order valence-corrected chi connectivity index (χ3v) is 5.55. The number of hydrogen-bond acceptors (Lipinski definition) is 3. The summed E-state index contributed by atoms with van der Waals surface area (Å²) >= 11 is 0. The van der Waals surface area contributed by atoms with Gasteiger partial charge in [-0.05, 0) is 25.0 Å². The Bertz CT molecular complexity index is 632. The average Bonchev–Trinajstić information content (AvgIpc) is 3.04. The highest BCUT2D eigenvalue weighted by molar-refractivity contribution is 5.92. The van der Waals surface area contributed by atoms with Crippen molar-refractivity contribution in [1.82, 2.24) is 20.1 Å². The van der Waals surface area contributed by atoms with Gasteiger partial charge in [0.25, 0.3) is 0 Å². The van der Waals surface area contributed by atoms with Gasteiger partial charge in [0, 0.05) is 38.4 Å². The van der Waals surface area contributed by atoms with E-state index in [0.717, 1.165) is 31.5 Å². The van der Waals surface area contributed by atoms with E-state index >= 15 is 0 Å². The second kappa shape index (κ2) is 6.90. The first-order chi connectivity index (χ1) is 12.2. The van der Waals surface area contributed by atoms with E-state index in [1.165, 1.54) is 6.42 Å². The fourth-order valence-electron chi connectivity index (χ4n) is 4.21. The Kier molecular flexibility index (Phi) is 4.46. The predicted molar refractivity (Wildman–Crippen MR) is 94.5 cm³/mol. The molecule has 1 unspecified atom stereocenters. The molecule has 3 aliphatic rings. The molecule has 7 heteroatoms. The lowest BCUT2D eigenvalue weighted by atomic mass is 9.94. The number of anilines is 1. The highest BCUT2D eigenvalue weighted by atomic mass is 16.2. The summed E-state index contributed by atoms with van der Waals surface area (Å²) in [5.74, 6) is 0.738. The number of carbonyl (C=O) groups is 2. The van der Waals surface area contributed by atoms with Crippen LogP contribution in [-0.4, -0.2) is 65.1 Å². The van der Waals surface area contributed by atoms with E-state index in [-0.39, 0.29) is 24.1 Å². The average molecular weight is 343 g/mol. The molecule has 4 rings (SSSR count). The normalized spacial score (nSPS) is 24.0. The van der Waals surface area contributed by atoms with Gasteiger partial charge in [-0.1, -0.05) is 25.3 Å². The molecule has 7 nitrogen and oxygen atoms in total. The highest BCUT2D eigenvalue weighted by Gasteiger charge is 2.39. The van der Waals surface area contributed by atoms with Crippen molar-refractivity contribution in [3.05, 3.63) is 24.4 Å². The van der Waals surface area contributed by atoms with Gasteiger partial charge in [0.1, 0.15) is 5.82 Å². The third kappa shape index (κ3) is 3.15. The van der Waals surface area contributed by atoms with Crippen LogP contribution >= 0.6 is 0 Å². The smallest absolute Gasteiger partial charge is 0.326 e. The molecule has 0 spiro atoms. The van der Waals surface area contributed by atoms with Gasteiger partial charge in [0.2, 0.25) is 0 Å². The van der Waals surface area contributed by atoms with Crippen LogP contribution in [0.2, 0.25) is 0 Å². The van der Waals surface area contributed by atoms with E-state index in [4.69, 9.17) is 0 Å². The van der Waals surface area contributed by atoms with E-state index in [1.54, 1.807) is 6.20 Å². The number of rotatable bonds is 2. The summed E-state index contributed by atoms with van der Waals surface area (Å²) < 4.78 is 0. The number of aromatic nitrogens is 1. The van der Waals surface area contributed by atoms with Crippen LogP contribution in [0.1, 0.15) is 32.1 Å². The van der Waals surface area contributed by atoms with Crippen molar-refractivity contribution in [2.75, 3.05) is 31.1 Å². The fraction of sp³-hybridized carbons (Fsp3) is 0.611. The number of nitrogens with one attached hydrogen (secondary N) is 1. The summed E-state index contributed by atoms with van der Waals surface area (Å²) in [5, 5.41) is 2.87. The topological polar surface area (TPSA) is 68.8 Å². The van der Waals surface area contributed by atoms with E-state index in [9.17, 15) is 9.59 Å². The molecule has 1 atom stereocenters. The maximum Gasteiger partial charge on any atom is 0.326 e. The largest absolute Gasteiger partial charge is 0.336 e. The predicted octanol–water partition coefficient (Wildman–Crippen LogP) is 2.05. The van der Waals surface area contributed by atoms with Crippen LogP contribution in [-0.2, 0) is 0 Å². The number of urea groups is 2. The lowest BCUT2D eigenvalue weighted by Gasteiger charge is -2.41. The Morgan fingerprint density at radius 1 is 1.20 bits per heavy atom. The van der Waals surface area contributed by atoms with Gasteiger partial charge in [0.15, 0.2) is 0 Å². The number of nitrogens with zero attached hydrogens (tertiary/aromatic N) is 4. The zero-order valence-corrected chi connectivity index (χ0v) is 14.4.